The van der Waals surface area contributed by atoms with Crippen molar-refractivity contribution >= 4 is 0 Å². The summed E-state index contributed by atoms with van der Waals surface area (Å²) in [7, 11) is 0. The van der Waals surface area contributed by atoms with Crippen LogP contribution in [0.15, 0.2) is 24.3 Å². The minimum atomic E-state index is -0.175. The van der Waals surface area contributed by atoms with Crippen molar-refractivity contribution in [1.29, 1.82) is 0 Å². The average molecular weight is 208 g/mol. The normalized spacial score (nSPS) is 17.7. The smallest absolute Gasteiger partial charge is 0.123 e. The van der Waals surface area contributed by atoms with E-state index in [4.69, 9.17) is 5.73 Å². The molecule has 1 aromatic rings. The zero-order valence-corrected chi connectivity index (χ0v) is 8.80. The van der Waals surface area contributed by atoms with E-state index in [1.54, 1.807) is 0 Å². The fourth-order valence-electron chi connectivity index (χ4n) is 1.56. The largest absolute Gasteiger partial charge is 0.324 e. The number of halogens is 1. The lowest BCUT2D eigenvalue weighted by Crippen LogP contribution is -2.36. The van der Waals surface area contributed by atoms with Crippen molar-refractivity contribution in [2.45, 2.75) is 24.8 Å². The summed E-state index contributed by atoms with van der Waals surface area (Å²) in [6.07, 6.45) is 3.20. The zero-order chi connectivity index (χ0) is 10.7. The van der Waals surface area contributed by atoms with Gasteiger partial charge in [-0.3, -0.25) is 0 Å². The molecule has 0 unspecified atom stereocenters. The molecule has 0 heterocycles. The molecule has 2 rings (SSSR count). The molecule has 3 N–H and O–H groups in total. The second-order valence-corrected chi connectivity index (χ2v) is 4.42. The zero-order valence-electron chi connectivity index (χ0n) is 8.80. The topological polar surface area (TPSA) is 38.0 Å². The third kappa shape index (κ3) is 3.29. The van der Waals surface area contributed by atoms with Gasteiger partial charge in [0, 0.05) is 12.1 Å². The highest BCUT2D eigenvalue weighted by Gasteiger charge is 2.37. The maximum atomic E-state index is 12.6. The Kier molecular flexibility index (Phi) is 3.03. The Balaban J connectivity index is 1.67. The van der Waals surface area contributed by atoms with E-state index >= 15 is 0 Å². The molecule has 1 aromatic carbocycles. The second kappa shape index (κ2) is 4.29. The van der Waals surface area contributed by atoms with Crippen molar-refractivity contribution in [2.24, 2.45) is 5.73 Å². The number of rotatable bonds is 5. The fraction of sp³-hybridized carbons (Fsp3) is 0.500. The molecule has 1 saturated carbocycles. The van der Waals surface area contributed by atoms with E-state index < -0.39 is 0 Å². The molecule has 0 saturated heterocycles. The predicted molar refractivity (Wildman–Crippen MR) is 59.1 cm³/mol. The SMILES string of the molecule is NC1(CNCCc2ccc(F)cc2)CC1. The molecule has 0 amide bonds. The van der Waals surface area contributed by atoms with E-state index in [1.807, 2.05) is 12.1 Å². The molecule has 2 nitrogen and oxygen atoms in total. The molecule has 0 aliphatic heterocycles. The first-order chi connectivity index (χ1) is 7.18. The van der Waals surface area contributed by atoms with Gasteiger partial charge < -0.3 is 11.1 Å². The summed E-state index contributed by atoms with van der Waals surface area (Å²) in [6.45, 7) is 1.80. The van der Waals surface area contributed by atoms with Crippen molar-refractivity contribution < 1.29 is 4.39 Å². The van der Waals surface area contributed by atoms with E-state index in [1.165, 1.54) is 12.1 Å². The Morgan fingerprint density at radius 3 is 2.53 bits per heavy atom. The van der Waals surface area contributed by atoms with Crippen molar-refractivity contribution in [3.05, 3.63) is 35.6 Å². The van der Waals surface area contributed by atoms with E-state index in [0.717, 1.165) is 37.9 Å². The Hall–Kier alpha value is -0.930. The highest BCUT2D eigenvalue weighted by Crippen LogP contribution is 2.30. The van der Waals surface area contributed by atoms with Crippen LogP contribution in [-0.4, -0.2) is 18.6 Å². The monoisotopic (exact) mass is 208 g/mol. The van der Waals surface area contributed by atoms with E-state index in [-0.39, 0.29) is 11.4 Å². The number of hydrogen-bond acceptors (Lipinski definition) is 2. The summed E-state index contributed by atoms with van der Waals surface area (Å²) < 4.78 is 12.6. The van der Waals surface area contributed by atoms with E-state index in [2.05, 4.69) is 5.32 Å². The Labute approximate surface area is 89.7 Å². The summed E-state index contributed by atoms with van der Waals surface area (Å²) >= 11 is 0. The van der Waals surface area contributed by atoms with Crippen LogP contribution in [0.2, 0.25) is 0 Å². The van der Waals surface area contributed by atoms with Gasteiger partial charge in [-0.2, -0.15) is 0 Å². The summed E-state index contributed by atoms with van der Waals surface area (Å²) in [5, 5.41) is 3.33. The molecule has 0 aromatic heterocycles. The third-order valence-corrected chi connectivity index (χ3v) is 2.87. The number of benzene rings is 1. The van der Waals surface area contributed by atoms with Gasteiger partial charge in [0.2, 0.25) is 0 Å². The van der Waals surface area contributed by atoms with Crippen LogP contribution in [0, 0.1) is 5.82 Å². The molecule has 1 fully saturated rings. The van der Waals surface area contributed by atoms with Crippen LogP contribution in [-0.2, 0) is 6.42 Å². The second-order valence-electron chi connectivity index (χ2n) is 4.42. The molecule has 0 atom stereocenters. The molecule has 3 heteroatoms. The summed E-state index contributed by atoms with van der Waals surface area (Å²) in [6, 6.07) is 6.65. The van der Waals surface area contributed by atoms with Crippen LogP contribution < -0.4 is 11.1 Å². The minimum absolute atomic E-state index is 0.0722. The molecular formula is C12H17FN2. The molecule has 0 radical (unpaired) electrons. The van der Waals surface area contributed by atoms with Gasteiger partial charge in [-0.1, -0.05) is 12.1 Å². The maximum absolute atomic E-state index is 12.6. The number of nitrogens with one attached hydrogen (secondary N) is 1. The molecule has 82 valence electrons. The minimum Gasteiger partial charge on any atom is -0.324 e. The molecule has 15 heavy (non-hydrogen) atoms. The quantitative estimate of drug-likeness (QED) is 0.719. The van der Waals surface area contributed by atoms with Crippen LogP contribution in [0.4, 0.5) is 4.39 Å². The number of hydrogen-bond donors (Lipinski definition) is 2. The molecule has 0 spiro atoms. The lowest BCUT2D eigenvalue weighted by molar-refractivity contribution is 0.570. The van der Waals surface area contributed by atoms with E-state index in [0.29, 0.717) is 0 Å². The van der Waals surface area contributed by atoms with Crippen molar-refractivity contribution in [1.82, 2.24) is 5.32 Å². The van der Waals surface area contributed by atoms with Gasteiger partial charge in [0.25, 0.3) is 0 Å². The van der Waals surface area contributed by atoms with Gasteiger partial charge in [-0.25, -0.2) is 4.39 Å². The van der Waals surface area contributed by atoms with Gasteiger partial charge in [-0.05, 0) is 43.5 Å². The Bertz CT molecular complexity index is 317. The van der Waals surface area contributed by atoms with Gasteiger partial charge in [-0.15, -0.1) is 0 Å². The van der Waals surface area contributed by atoms with Crippen LogP contribution in [0.5, 0.6) is 0 Å². The highest BCUT2D eigenvalue weighted by atomic mass is 19.1. The third-order valence-electron chi connectivity index (χ3n) is 2.87. The van der Waals surface area contributed by atoms with Crippen molar-refractivity contribution in [3.8, 4) is 0 Å². The molecule has 1 aliphatic rings. The summed E-state index contributed by atoms with van der Waals surface area (Å²) in [5.74, 6) is -0.175. The van der Waals surface area contributed by atoms with Crippen LogP contribution in [0.1, 0.15) is 18.4 Å². The maximum Gasteiger partial charge on any atom is 0.123 e. The molecule has 1 aliphatic carbocycles. The number of nitrogens with two attached hydrogens (primary N) is 1. The van der Waals surface area contributed by atoms with Gasteiger partial charge in [0.05, 0.1) is 0 Å². The van der Waals surface area contributed by atoms with Crippen LogP contribution in [0.3, 0.4) is 0 Å². The van der Waals surface area contributed by atoms with Crippen molar-refractivity contribution in [2.75, 3.05) is 13.1 Å². The summed E-state index contributed by atoms with van der Waals surface area (Å²) in [4.78, 5) is 0. The molecular weight excluding hydrogens is 191 g/mol. The summed E-state index contributed by atoms with van der Waals surface area (Å²) in [5.41, 5.74) is 7.16. The van der Waals surface area contributed by atoms with Gasteiger partial charge in [0.1, 0.15) is 5.82 Å². The Morgan fingerprint density at radius 1 is 1.27 bits per heavy atom. The standard InChI is InChI=1S/C12H17FN2/c13-11-3-1-10(2-4-11)5-8-15-9-12(14)6-7-12/h1-4,15H,5-9,14H2. The lowest BCUT2D eigenvalue weighted by atomic mass is 10.1. The molecule has 0 bridgehead atoms. The predicted octanol–water partition coefficient (Wildman–Crippen LogP) is 1.45. The van der Waals surface area contributed by atoms with Crippen LogP contribution >= 0.6 is 0 Å². The van der Waals surface area contributed by atoms with Crippen LogP contribution in [0.25, 0.3) is 0 Å². The first-order valence-corrected chi connectivity index (χ1v) is 5.42. The lowest BCUT2D eigenvalue weighted by Gasteiger charge is -2.09. The van der Waals surface area contributed by atoms with Gasteiger partial charge >= 0.3 is 0 Å². The van der Waals surface area contributed by atoms with Gasteiger partial charge in [0.15, 0.2) is 0 Å². The average Bonchev–Trinajstić information content (AvgIpc) is 2.95. The fourth-order valence-corrected chi connectivity index (χ4v) is 1.56. The van der Waals surface area contributed by atoms with Crippen molar-refractivity contribution in [3.63, 3.8) is 0 Å². The van der Waals surface area contributed by atoms with E-state index in [9.17, 15) is 4.39 Å². The first kappa shape index (κ1) is 10.6. The first-order valence-electron chi connectivity index (χ1n) is 5.42. The Morgan fingerprint density at radius 2 is 1.93 bits per heavy atom. The highest BCUT2D eigenvalue weighted by molar-refractivity contribution is 5.16.